The largest absolute Gasteiger partial charge is 0.394 e. The van der Waals surface area contributed by atoms with E-state index in [0.717, 1.165) is 31.6 Å². The van der Waals surface area contributed by atoms with Gasteiger partial charge in [-0.05, 0) is 44.9 Å². The molecule has 0 aromatic heterocycles. The molecule has 0 spiro atoms. The van der Waals surface area contributed by atoms with E-state index in [-0.39, 0.29) is 18.0 Å². The first-order valence-electron chi connectivity index (χ1n) is 6.93. The summed E-state index contributed by atoms with van der Waals surface area (Å²) in [5.41, 5.74) is 0.422. The van der Waals surface area contributed by atoms with Gasteiger partial charge in [0, 0.05) is 24.8 Å². The quantitative estimate of drug-likeness (QED) is 0.879. The highest BCUT2D eigenvalue weighted by atomic mass is 19.1. The lowest BCUT2D eigenvalue weighted by atomic mass is 9.87. The summed E-state index contributed by atoms with van der Waals surface area (Å²) in [4.78, 5) is 2.40. The average molecular weight is 266 g/mol. The van der Waals surface area contributed by atoms with E-state index in [2.05, 4.69) is 24.1 Å². The number of anilines is 1. The second kappa shape index (κ2) is 5.88. The summed E-state index contributed by atoms with van der Waals surface area (Å²) < 4.78 is 13.2. The van der Waals surface area contributed by atoms with Crippen molar-refractivity contribution in [2.75, 3.05) is 25.0 Å². The molecule has 3 nitrogen and oxygen atoms in total. The first-order valence-corrected chi connectivity index (χ1v) is 6.93. The van der Waals surface area contributed by atoms with E-state index in [9.17, 15) is 9.50 Å². The number of likely N-dealkylation sites (tertiary alicyclic amines) is 1. The zero-order valence-corrected chi connectivity index (χ0v) is 11.7. The molecule has 0 bridgehead atoms. The summed E-state index contributed by atoms with van der Waals surface area (Å²) in [5.74, 6) is -0.252. The van der Waals surface area contributed by atoms with Crippen LogP contribution < -0.4 is 5.32 Å². The van der Waals surface area contributed by atoms with Crippen LogP contribution in [0.3, 0.4) is 0 Å². The van der Waals surface area contributed by atoms with E-state index >= 15 is 0 Å². The number of rotatable bonds is 4. The molecular formula is C15H23FN2O. The Morgan fingerprint density at radius 1 is 1.37 bits per heavy atom. The van der Waals surface area contributed by atoms with Crippen LogP contribution in [0.4, 0.5) is 10.1 Å². The molecule has 19 heavy (non-hydrogen) atoms. The second-order valence-electron chi connectivity index (χ2n) is 5.70. The van der Waals surface area contributed by atoms with Crippen molar-refractivity contribution in [3.05, 3.63) is 30.1 Å². The van der Waals surface area contributed by atoms with Crippen LogP contribution in [0, 0.1) is 5.82 Å². The lowest BCUT2D eigenvalue weighted by Gasteiger charge is -2.43. The molecule has 2 rings (SSSR count). The molecule has 1 fully saturated rings. The SMILES string of the molecule is CC(C)N1CCC(CO)(Nc2cccc(F)c2)CC1. The predicted octanol–water partition coefficient (Wildman–Crippen LogP) is 2.47. The van der Waals surface area contributed by atoms with Gasteiger partial charge in [-0.3, -0.25) is 0 Å². The molecule has 1 aliphatic heterocycles. The fourth-order valence-electron chi connectivity index (χ4n) is 2.66. The molecule has 0 unspecified atom stereocenters. The van der Waals surface area contributed by atoms with Gasteiger partial charge in [0.2, 0.25) is 0 Å². The maximum absolute atomic E-state index is 13.2. The van der Waals surface area contributed by atoms with Crippen molar-refractivity contribution in [1.29, 1.82) is 0 Å². The minimum atomic E-state index is -0.320. The van der Waals surface area contributed by atoms with Gasteiger partial charge in [0.25, 0.3) is 0 Å². The summed E-state index contributed by atoms with van der Waals surface area (Å²) in [6.07, 6.45) is 1.75. The number of halogens is 1. The molecule has 1 aliphatic rings. The van der Waals surface area contributed by atoms with Crippen LogP contribution in [0.5, 0.6) is 0 Å². The van der Waals surface area contributed by atoms with Gasteiger partial charge in [-0.25, -0.2) is 4.39 Å². The van der Waals surface area contributed by atoms with Crippen molar-refractivity contribution in [3.63, 3.8) is 0 Å². The van der Waals surface area contributed by atoms with Gasteiger partial charge in [0.15, 0.2) is 0 Å². The Morgan fingerprint density at radius 3 is 2.58 bits per heavy atom. The third kappa shape index (κ3) is 3.45. The third-order valence-electron chi connectivity index (χ3n) is 4.02. The molecule has 0 aliphatic carbocycles. The van der Waals surface area contributed by atoms with E-state index in [1.807, 2.05) is 6.07 Å². The van der Waals surface area contributed by atoms with Crippen molar-refractivity contribution in [2.45, 2.75) is 38.3 Å². The summed E-state index contributed by atoms with van der Waals surface area (Å²) in [6, 6.07) is 6.97. The molecule has 2 N–H and O–H groups in total. The van der Waals surface area contributed by atoms with Gasteiger partial charge in [0.05, 0.1) is 12.1 Å². The van der Waals surface area contributed by atoms with Crippen molar-refractivity contribution in [3.8, 4) is 0 Å². The standard InChI is InChI=1S/C15H23FN2O/c1-12(2)18-8-6-15(11-19,7-9-18)17-14-5-3-4-13(16)10-14/h3-5,10,12,17,19H,6-9,11H2,1-2H3. The molecule has 0 atom stereocenters. The number of hydrogen-bond acceptors (Lipinski definition) is 3. The summed E-state index contributed by atoms with van der Waals surface area (Å²) in [7, 11) is 0. The zero-order valence-electron chi connectivity index (χ0n) is 11.7. The maximum atomic E-state index is 13.2. The molecule has 1 aromatic carbocycles. The molecule has 0 amide bonds. The Kier molecular flexibility index (Phi) is 4.42. The van der Waals surface area contributed by atoms with Gasteiger partial charge < -0.3 is 15.3 Å². The van der Waals surface area contributed by atoms with Crippen molar-refractivity contribution >= 4 is 5.69 Å². The van der Waals surface area contributed by atoms with Crippen LogP contribution in [0.1, 0.15) is 26.7 Å². The maximum Gasteiger partial charge on any atom is 0.125 e. The van der Waals surface area contributed by atoms with Crippen LogP contribution in [0.15, 0.2) is 24.3 Å². The molecule has 106 valence electrons. The first kappa shape index (κ1) is 14.3. The Labute approximate surface area is 114 Å². The minimum Gasteiger partial charge on any atom is -0.394 e. The summed E-state index contributed by atoms with van der Waals surface area (Å²) in [6.45, 7) is 6.37. The predicted molar refractivity (Wildman–Crippen MR) is 75.8 cm³/mol. The van der Waals surface area contributed by atoms with Crippen molar-refractivity contribution in [2.24, 2.45) is 0 Å². The van der Waals surface area contributed by atoms with Gasteiger partial charge in [0.1, 0.15) is 5.82 Å². The van der Waals surface area contributed by atoms with E-state index in [0.29, 0.717) is 6.04 Å². The molecule has 1 saturated heterocycles. The van der Waals surface area contributed by atoms with Crippen LogP contribution >= 0.6 is 0 Å². The topological polar surface area (TPSA) is 35.5 Å². The number of nitrogens with zero attached hydrogens (tertiary/aromatic N) is 1. The molecule has 1 heterocycles. The van der Waals surface area contributed by atoms with Gasteiger partial charge >= 0.3 is 0 Å². The third-order valence-corrected chi connectivity index (χ3v) is 4.02. The van der Waals surface area contributed by atoms with Gasteiger partial charge in [-0.2, -0.15) is 0 Å². The molecule has 4 heteroatoms. The highest BCUT2D eigenvalue weighted by Gasteiger charge is 2.34. The van der Waals surface area contributed by atoms with Crippen molar-refractivity contribution < 1.29 is 9.50 Å². The number of nitrogens with one attached hydrogen (secondary N) is 1. The lowest BCUT2D eigenvalue weighted by molar-refractivity contribution is 0.101. The van der Waals surface area contributed by atoms with E-state index < -0.39 is 0 Å². The summed E-state index contributed by atoms with van der Waals surface area (Å²) in [5, 5.41) is 13.0. The molecule has 0 radical (unpaired) electrons. The van der Waals surface area contributed by atoms with Crippen molar-refractivity contribution in [1.82, 2.24) is 4.90 Å². The lowest BCUT2D eigenvalue weighted by Crippen LogP contribution is -2.53. The number of aliphatic hydroxyl groups excluding tert-OH is 1. The zero-order chi connectivity index (χ0) is 13.9. The number of aliphatic hydroxyl groups is 1. The van der Waals surface area contributed by atoms with E-state index in [1.54, 1.807) is 6.07 Å². The van der Waals surface area contributed by atoms with E-state index in [4.69, 9.17) is 0 Å². The highest BCUT2D eigenvalue weighted by molar-refractivity contribution is 5.46. The molecule has 0 saturated carbocycles. The number of benzene rings is 1. The normalized spacial score (nSPS) is 19.6. The second-order valence-corrected chi connectivity index (χ2v) is 5.70. The monoisotopic (exact) mass is 266 g/mol. The minimum absolute atomic E-state index is 0.0788. The van der Waals surface area contributed by atoms with Gasteiger partial charge in [-0.1, -0.05) is 6.07 Å². The fourth-order valence-corrected chi connectivity index (χ4v) is 2.66. The van der Waals surface area contributed by atoms with Crippen LogP contribution in [0.25, 0.3) is 0 Å². The fraction of sp³-hybridized carbons (Fsp3) is 0.600. The average Bonchev–Trinajstić information content (AvgIpc) is 2.39. The Bertz CT molecular complexity index is 414. The Balaban J connectivity index is 2.04. The van der Waals surface area contributed by atoms with Crippen LogP contribution in [-0.2, 0) is 0 Å². The smallest absolute Gasteiger partial charge is 0.125 e. The first-order chi connectivity index (χ1) is 9.04. The molecular weight excluding hydrogens is 243 g/mol. The number of piperidine rings is 1. The number of hydrogen-bond donors (Lipinski definition) is 2. The van der Waals surface area contributed by atoms with Crippen LogP contribution in [-0.4, -0.2) is 41.3 Å². The Morgan fingerprint density at radius 2 is 2.05 bits per heavy atom. The van der Waals surface area contributed by atoms with E-state index in [1.165, 1.54) is 12.1 Å². The van der Waals surface area contributed by atoms with Crippen LogP contribution in [0.2, 0.25) is 0 Å². The molecule has 1 aromatic rings. The summed E-state index contributed by atoms with van der Waals surface area (Å²) >= 11 is 0. The highest BCUT2D eigenvalue weighted by Crippen LogP contribution is 2.27. The Hall–Kier alpha value is -1.13. The van der Waals surface area contributed by atoms with Gasteiger partial charge in [-0.15, -0.1) is 0 Å².